The number of ether oxygens (including phenoxy) is 1. The lowest BCUT2D eigenvalue weighted by molar-refractivity contribution is 0.0201. The molecule has 0 bridgehead atoms. The van der Waals surface area contributed by atoms with Crippen LogP contribution in [0.2, 0.25) is 0 Å². The summed E-state index contributed by atoms with van der Waals surface area (Å²) in [6.45, 7) is 8.05. The minimum Gasteiger partial charge on any atom is -0.381 e. The highest BCUT2D eigenvalue weighted by atomic mass is 19.1. The molecular formula is C10H21FO. The highest BCUT2D eigenvalue weighted by Gasteiger charge is 2.31. The van der Waals surface area contributed by atoms with Gasteiger partial charge in [0, 0.05) is 7.11 Å². The zero-order valence-electron chi connectivity index (χ0n) is 8.91. The standard InChI is InChI=1S/C10H21FO/c1-6-9(2,3)7-10(4,11)8-12-5/h6-8H2,1-5H3. The van der Waals surface area contributed by atoms with Crippen molar-refractivity contribution >= 4 is 0 Å². The number of methoxy groups -OCH3 is 1. The smallest absolute Gasteiger partial charge is 0.131 e. The van der Waals surface area contributed by atoms with Gasteiger partial charge in [-0.3, -0.25) is 0 Å². The lowest BCUT2D eigenvalue weighted by Gasteiger charge is -2.30. The van der Waals surface area contributed by atoms with Crippen molar-refractivity contribution in [2.75, 3.05) is 13.7 Å². The van der Waals surface area contributed by atoms with Gasteiger partial charge in [-0.1, -0.05) is 27.2 Å². The van der Waals surface area contributed by atoms with Gasteiger partial charge in [0.1, 0.15) is 5.67 Å². The van der Waals surface area contributed by atoms with E-state index in [1.807, 2.05) is 0 Å². The molecule has 0 aromatic rings. The van der Waals surface area contributed by atoms with Crippen LogP contribution in [0.1, 0.15) is 40.5 Å². The van der Waals surface area contributed by atoms with Crippen LogP contribution >= 0.6 is 0 Å². The molecule has 0 aliphatic heterocycles. The van der Waals surface area contributed by atoms with Crippen LogP contribution in [0.5, 0.6) is 0 Å². The van der Waals surface area contributed by atoms with Crippen molar-refractivity contribution in [2.45, 2.75) is 46.2 Å². The molecule has 1 atom stereocenters. The van der Waals surface area contributed by atoms with Crippen molar-refractivity contribution in [1.82, 2.24) is 0 Å². The maximum Gasteiger partial charge on any atom is 0.131 e. The second-order valence-corrected chi connectivity index (χ2v) is 4.54. The third kappa shape index (κ3) is 4.70. The first-order chi connectivity index (χ1) is 5.33. The van der Waals surface area contributed by atoms with Gasteiger partial charge in [0.25, 0.3) is 0 Å². The van der Waals surface area contributed by atoms with E-state index in [4.69, 9.17) is 4.74 Å². The molecule has 0 aliphatic rings. The van der Waals surface area contributed by atoms with E-state index in [0.717, 1.165) is 6.42 Å². The summed E-state index contributed by atoms with van der Waals surface area (Å²) in [6, 6.07) is 0. The van der Waals surface area contributed by atoms with Crippen LogP contribution in [0.4, 0.5) is 4.39 Å². The van der Waals surface area contributed by atoms with Gasteiger partial charge < -0.3 is 4.74 Å². The van der Waals surface area contributed by atoms with Gasteiger partial charge in [-0.15, -0.1) is 0 Å². The van der Waals surface area contributed by atoms with Gasteiger partial charge in [0.2, 0.25) is 0 Å². The second-order valence-electron chi connectivity index (χ2n) is 4.54. The first kappa shape index (κ1) is 11.9. The molecule has 0 aromatic heterocycles. The van der Waals surface area contributed by atoms with E-state index < -0.39 is 5.67 Å². The van der Waals surface area contributed by atoms with Gasteiger partial charge in [-0.25, -0.2) is 4.39 Å². The number of hydrogen-bond donors (Lipinski definition) is 0. The Balaban J connectivity index is 4.04. The Bertz CT molecular complexity index is 130. The van der Waals surface area contributed by atoms with Crippen molar-refractivity contribution in [2.24, 2.45) is 5.41 Å². The Morgan fingerprint density at radius 1 is 1.25 bits per heavy atom. The number of hydrogen-bond acceptors (Lipinski definition) is 1. The lowest BCUT2D eigenvalue weighted by Crippen LogP contribution is -2.31. The van der Waals surface area contributed by atoms with E-state index in [2.05, 4.69) is 20.8 Å². The Labute approximate surface area is 75.3 Å². The summed E-state index contributed by atoms with van der Waals surface area (Å²) in [4.78, 5) is 0. The molecule has 1 nitrogen and oxygen atoms in total. The summed E-state index contributed by atoms with van der Waals surface area (Å²) < 4.78 is 18.5. The van der Waals surface area contributed by atoms with Gasteiger partial charge in [0.15, 0.2) is 0 Å². The van der Waals surface area contributed by atoms with Crippen LogP contribution < -0.4 is 0 Å². The molecule has 0 aliphatic carbocycles. The Morgan fingerprint density at radius 2 is 1.75 bits per heavy atom. The summed E-state index contributed by atoms with van der Waals surface area (Å²) in [5.74, 6) is 0. The van der Waals surface area contributed by atoms with Crippen molar-refractivity contribution in [3.8, 4) is 0 Å². The first-order valence-electron chi connectivity index (χ1n) is 4.51. The number of rotatable bonds is 5. The van der Waals surface area contributed by atoms with Gasteiger partial charge >= 0.3 is 0 Å². The summed E-state index contributed by atoms with van der Waals surface area (Å²) in [7, 11) is 1.54. The van der Waals surface area contributed by atoms with Crippen molar-refractivity contribution in [3.63, 3.8) is 0 Å². The second kappa shape index (κ2) is 4.22. The summed E-state index contributed by atoms with van der Waals surface area (Å²) in [5.41, 5.74) is -1.11. The van der Waals surface area contributed by atoms with Crippen LogP contribution in [0, 0.1) is 5.41 Å². The number of alkyl halides is 1. The molecule has 0 aromatic carbocycles. The molecule has 0 radical (unpaired) electrons. The average Bonchev–Trinajstić information content (AvgIpc) is 1.85. The molecule has 1 unspecified atom stereocenters. The van der Waals surface area contributed by atoms with Crippen LogP contribution in [-0.4, -0.2) is 19.4 Å². The Morgan fingerprint density at radius 3 is 2.08 bits per heavy atom. The third-order valence-corrected chi connectivity index (χ3v) is 2.25. The predicted molar refractivity (Wildman–Crippen MR) is 50.1 cm³/mol. The van der Waals surface area contributed by atoms with Crippen LogP contribution in [0.25, 0.3) is 0 Å². The lowest BCUT2D eigenvalue weighted by atomic mass is 9.80. The number of halogens is 1. The maximum absolute atomic E-state index is 13.6. The molecule has 0 amide bonds. The topological polar surface area (TPSA) is 9.23 Å². The first-order valence-corrected chi connectivity index (χ1v) is 4.51. The normalized spacial score (nSPS) is 17.5. The fraction of sp³-hybridized carbons (Fsp3) is 1.00. The van der Waals surface area contributed by atoms with Gasteiger partial charge in [-0.05, 0) is 18.8 Å². The molecule has 0 heterocycles. The van der Waals surface area contributed by atoms with E-state index in [-0.39, 0.29) is 12.0 Å². The minimum absolute atomic E-state index is 0.0715. The van der Waals surface area contributed by atoms with Crippen molar-refractivity contribution < 1.29 is 9.13 Å². The zero-order valence-corrected chi connectivity index (χ0v) is 8.91. The molecule has 0 spiro atoms. The quantitative estimate of drug-likeness (QED) is 0.625. The SMILES string of the molecule is CCC(C)(C)CC(C)(F)COC. The van der Waals surface area contributed by atoms with E-state index in [1.165, 1.54) is 7.11 Å². The summed E-state index contributed by atoms with van der Waals surface area (Å²) in [6.07, 6.45) is 1.56. The fourth-order valence-electron chi connectivity index (χ4n) is 1.47. The van der Waals surface area contributed by atoms with E-state index in [9.17, 15) is 4.39 Å². The summed E-state index contributed by atoms with van der Waals surface area (Å²) in [5, 5.41) is 0. The zero-order chi connectivity index (χ0) is 9.83. The molecule has 74 valence electrons. The third-order valence-electron chi connectivity index (χ3n) is 2.25. The highest BCUT2D eigenvalue weighted by molar-refractivity contribution is 4.81. The Kier molecular flexibility index (Phi) is 4.18. The van der Waals surface area contributed by atoms with Crippen molar-refractivity contribution in [3.05, 3.63) is 0 Å². The minimum atomic E-state index is -1.19. The fourth-order valence-corrected chi connectivity index (χ4v) is 1.47. The predicted octanol–water partition coefficient (Wildman–Crippen LogP) is 3.19. The molecule has 0 saturated carbocycles. The van der Waals surface area contributed by atoms with E-state index in [0.29, 0.717) is 6.42 Å². The molecular weight excluding hydrogens is 155 g/mol. The van der Waals surface area contributed by atoms with Gasteiger partial charge in [0.05, 0.1) is 6.61 Å². The molecule has 0 fully saturated rings. The molecule has 0 saturated heterocycles. The van der Waals surface area contributed by atoms with Crippen LogP contribution in [0.15, 0.2) is 0 Å². The molecule has 12 heavy (non-hydrogen) atoms. The molecule has 2 heteroatoms. The van der Waals surface area contributed by atoms with Crippen molar-refractivity contribution in [1.29, 1.82) is 0 Å². The molecule has 0 N–H and O–H groups in total. The maximum atomic E-state index is 13.6. The monoisotopic (exact) mass is 176 g/mol. The largest absolute Gasteiger partial charge is 0.381 e. The average molecular weight is 176 g/mol. The van der Waals surface area contributed by atoms with Gasteiger partial charge in [-0.2, -0.15) is 0 Å². The van der Waals surface area contributed by atoms with E-state index >= 15 is 0 Å². The summed E-state index contributed by atoms with van der Waals surface area (Å²) >= 11 is 0. The van der Waals surface area contributed by atoms with Crippen LogP contribution in [-0.2, 0) is 4.74 Å². The highest BCUT2D eigenvalue weighted by Crippen LogP contribution is 2.33. The Hall–Kier alpha value is -0.110. The van der Waals surface area contributed by atoms with E-state index in [1.54, 1.807) is 6.92 Å². The van der Waals surface area contributed by atoms with Crippen LogP contribution in [0.3, 0.4) is 0 Å². The molecule has 0 rings (SSSR count).